The highest BCUT2D eigenvalue weighted by Gasteiger charge is 2.51. The lowest BCUT2D eigenvalue weighted by Gasteiger charge is -2.32. The maximum atomic E-state index is 6.11. The second-order valence-electron chi connectivity index (χ2n) is 6.82. The zero-order valence-electron chi connectivity index (χ0n) is 14.8. The van der Waals surface area contributed by atoms with Gasteiger partial charge in [0.2, 0.25) is 0 Å². The van der Waals surface area contributed by atoms with E-state index in [1.54, 1.807) is 18.0 Å². The molecule has 128 valence electrons. The number of aromatic nitrogens is 2. The molecule has 0 unspecified atom stereocenters. The topological polar surface area (TPSA) is 54.7 Å². The first-order valence-corrected chi connectivity index (χ1v) is 7.95. The molecule has 1 saturated heterocycles. The van der Waals surface area contributed by atoms with Crippen LogP contribution in [-0.4, -0.2) is 42.0 Å². The largest absolute Gasteiger partial charge is 0.494 e. The fourth-order valence-electron chi connectivity index (χ4n) is 2.50. The van der Waals surface area contributed by atoms with Gasteiger partial charge >= 0.3 is 7.12 Å². The Labute approximate surface area is 142 Å². The van der Waals surface area contributed by atoms with E-state index in [2.05, 4.69) is 5.10 Å². The van der Waals surface area contributed by atoms with Crippen LogP contribution >= 0.6 is 0 Å². The summed E-state index contributed by atoms with van der Waals surface area (Å²) < 4.78 is 24.7. The van der Waals surface area contributed by atoms with Crippen molar-refractivity contribution in [2.45, 2.75) is 38.9 Å². The van der Waals surface area contributed by atoms with Crippen molar-refractivity contribution in [3.63, 3.8) is 0 Å². The lowest BCUT2D eigenvalue weighted by atomic mass is 9.79. The minimum absolute atomic E-state index is 0.154. The van der Waals surface area contributed by atoms with Crippen molar-refractivity contribution in [2.24, 2.45) is 0 Å². The van der Waals surface area contributed by atoms with Gasteiger partial charge in [-0.2, -0.15) is 5.10 Å². The summed E-state index contributed by atoms with van der Waals surface area (Å²) in [6.07, 6.45) is 3.59. The lowest BCUT2D eigenvalue weighted by molar-refractivity contribution is 0.00578. The van der Waals surface area contributed by atoms with E-state index in [0.29, 0.717) is 5.75 Å². The van der Waals surface area contributed by atoms with Gasteiger partial charge in [-0.05, 0) is 51.4 Å². The molecular weight excluding hydrogens is 307 g/mol. The summed E-state index contributed by atoms with van der Waals surface area (Å²) in [5, 5.41) is 4.26. The van der Waals surface area contributed by atoms with Crippen molar-refractivity contribution in [3.05, 3.63) is 36.7 Å². The smallest absolute Gasteiger partial charge is 0.465 e. The molecule has 1 aliphatic rings. The summed E-state index contributed by atoms with van der Waals surface area (Å²) in [6, 6.07) is 7.69. The van der Waals surface area contributed by atoms with Gasteiger partial charge in [-0.3, -0.25) is 0 Å². The van der Waals surface area contributed by atoms with Crippen LogP contribution in [0.5, 0.6) is 5.75 Å². The summed E-state index contributed by atoms with van der Waals surface area (Å²) in [6.45, 7) is 8.29. The van der Waals surface area contributed by atoms with E-state index in [0.717, 1.165) is 11.2 Å². The van der Waals surface area contributed by atoms with Gasteiger partial charge in [-0.25, -0.2) is 4.68 Å². The lowest BCUT2D eigenvalue weighted by Crippen LogP contribution is -2.41. The number of ether oxygens (including phenoxy) is 2. The van der Waals surface area contributed by atoms with Crippen LogP contribution in [0.2, 0.25) is 0 Å². The Morgan fingerprint density at radius 1 is 1.17 bits per heavy atom. The van der Waals surface area contributed by atoms with Crippen LogP contribution in [0.1, 0.15) is 27.7 Å². The molecule has 2 heterocycles. The van der Waals surface area contributed by atoms with E-state index < -0.39 is 7.12 Å². The summed E-state index contributed by atoms with van der Waals surface area (Å²) in [7, 11) is 1.15. The molecule has 0 spiro atoms. The van der Waals surface area contributed by atoms with E-state index in [1.165, 1.54) is 0 Å². The molecule has 0 atom stereocenters. The Kier molecular flexibility index (Phi) is 4.42. The van der Waals surface area contributed by atoms with E-state index >= 15 is 0 Å². The van der Waals surface area contributed by atoms with Crippen LogP contribution in [0.25, 0.3) is 5.69 Å². The molecule has 2 aromatic rings. The number of benzene rings is 1. The van der Waals surface area contributed by atoms with Crippen LogP contribution in [0.15, 0.2) is 36.7 Å². The predicted molar refractivity (Wildman–Crippen MR) is 91.8 cm³/mol. The number of rotatable bonds is 5. The molecule has 24 heavy (non-hydrogen) atoms. The van der Waals surface area contributed by atoms with Crippen molar-refractivity contribution >= 4 is 12.6 Å². The monoisotopic (exact) mass is 330 g/mol. The van der Waals surface area contributed by atoms with Crippen molar-refractivity contribution in [2.75, 3.05) is 13.9 Å². The molecule has 1 fully saturated rings. The fraction of sp³-hybridized carbons (Fsp3) is 0.471. The van der Waals surface area contributed by atoms with Crippen molar-refractivity contribution < 1.29 is 18.8 Å². The minimum Gasteiger partial charge on any atom is -0.465 e. The maximum Gasteiger partial charge on any atom is 0.494 e. The van der Waals surface area contributed by atoms with E-state index in [4.69, 9.17) is 18.8 Å². The van der Waals surface area contributed by atoms with Crippen LogP contribution in [-0.2, 0) is 14.0 Å². The molecule has 0 bridgehead atoms. The van der Waals surface area contributed by atoms with Gasteiger partial charge in [-0.1, -0.05) is 6.07 Å². The van der Waals surface area contributed by atoms with Crippen LogP contribution in [0.3, 0.4) is 0 Å². The molecule has 0 aliphatic carbocycles. The third-order valence-corrected chi connectivity index (χ3v) is 4.59. The van der Waals surface area contributed by atoms with E-state index in [-0.39, 0.29) is 18.0 Å². The third-order valence-electron chi connectivity index (χ3n) is 4.59. The van der Waals surface area contributed by atoms with Gasteiger partial charge in [0, 0.05) is 19.5 Å². The second-order valence-corrected chi connectivity index (χ2v) is 6.82. The summed E-state index contributed by atoms with van der Waals surface area (Å²) in [4.78, 5) is 0. The molecule has 7 heteroatoms. The minimum atomic E-state index is -0.438. The predicted octanol–water partition coefficient (Wildman–Crippen LogP) is 2.15. The van der Waals surface area contributed by atoms with E-state index in [9.17, 15) is 0 Å². The third kappa shape index (κ3) is 3.07. The van der Waals surface area contributed by atoms with Gasteiger partial charge in [0.15, 0.2) is 6.79 Å². The molecule has 6 nitrogen and oxygen atoms in total. The zero-order chi connectivity index (χ0) is 17.4. The molecular formula is C17H23BN2O4. The van der Waals surface area contributed by atoms with Crippen molar-refractivity contribution in [3.8, 4) is 11.4 Å². The average molecular weight is 330 g/mol. The molecule has 0 saturated carbocycles. The molecule has 1 aromatic heterocycles. The Balaban J connectivity index is 1.93. The Hall–Kier alpha value is -1.83. The first kappa shape index (κ1) is 17.0. The molecule has 3 rings (SSSR count). The van der Waals surface area contributed by atoms with Gasteiger partial charge in [0.05, 0.1) is 11.2 Å². The Morgan fingerprint density at radius 2 is 1.88 bits per heavy atom. The van der Waals surface area contributed by atoms with Gasteiger partial charge in [0.1, 0.15) is 11.4 Å². The Morgan fingerprint density at radius 3 is 2.46 bits per heavy atom. The number of hydrogen-bond acceptors (Lipinski definition) is 5. The SMILES string of the molecule is COCOc1cc(B2OC(C)(C)C(C)(C)O2)ccc1-n1cccn1. The molecule has 0 radical (unpaired) electrons. The normalized spacial score (nSPS) is 18.8. The van der Waals surface area contributed by atoms with Crippen LogP contribution < -0.4 is 10.2 Å². The van der Waals surface area contributed by atoms with Crippen LogP contribution in [0, 0.1) is 0 Å². The fourth-order valence-corrected chi connectivity index (χ4v) is 2.50. The number of nitrogens with zero attached hydrogens (tertiary/aromatic N) is 2. The summed E-state index contributed by atoms with van der Waals surface area (Å²) >= 11 is 0. The van der Waals surface area contributed by atoms with Crippen molar-refractivity contribution in [1.29, 1.82) is 0 Å². The molecule has 0 amide bonds. The van der Waals surface area contributed by atoms with Gasteiger partial charge < -0.3 is 18.8 Å². The highest BCUT2D eigenvalue weighted by Crippen LogP contribution is 2.36. The number of hydrogen-bond donors (Lipinski definition) is 0. The summed E-state index contributed by atoms with van der Waals surface area (Å²) in [5.74, 6) is 0.660. The van der Waals surface area contributed by atoms with E-state index in [1.807, 2.05) is 58.2 Å². The highest BCUT2D eigenvalue weighted by molar-refractivity contribution is 6.62. The molecule has 1 aliphatic heterocycles. The second kappa shape index (κ2) is 6.24. The van der Waals surface area contributed by atoms with Gasteiger partial charge in [0.25, 0.3) is 0 Å². The van der Waals surface area contributed by atoms with Crippen LogP contribution in [0.4, 0.5) is 0 Å². The Bertz CT molecular complexity index is 685. The number of methoxy groups -OCH3 is 1. The highest BCUT2D eigenvalue weighted by atomic mass is 16.7. The average Bonchev–Trinajstić information content (AvgIpc) is 3.12. The quantitative estimate of drug-likeness (QED) is 0.621. The first-order valence-electron chi connectivity index (χ1n) is 7.95. The van der Waals surface area contributed by atoms with Crippen molar-refractivity contribution in [1.82, 2.24) is 9.78 Å². The maximum absolute atomic E-state index is 6.11. The first-order chi connectivity index (χ1) is 11.3. The molecule has 0 N–H and O–H groups in total. The zero-order valence-corrected chi connectivity index (χ0v) is 14.8. The standard InChI is InChI=1S/C17H23BN2O4/c1-16(2)17(3,4)24-18(23-16)13-7-8-14(20-10-6-9-19-20)15(11-13)22-12-21-5/h6-11H,12H2,1-5H3. The molecule has 1 aromatic carbocycles. The summed E-state index contributed by atoms with van der Waals surface area (Å²) in [5.41, 5.74) is 0.963. The van der Waals surface area contributed by atoms with Gasteiger partial charge in [-0.15, -0.1) is 0 Å².